The molecular weight excluding hydrogens is 244 g/mol. The van der Waals surface area contributed by atoms with E-state index in [1.165, 1.54) is 42.5 Å². The fraction of sp³-hybridized carbons (Fsp3) is 0.667. The smallest absolute Gasteiger partial charge is 0.0449 e. The molecule has 2 rings (SSSR count). The molecule has 1 aromatic rings. The third kappa shape index (κ3) is 3.83. The van der Waals surface area contributed by atoms with Gasteiger partial charge >= 0.3 is 0 Å². The second-order valence-corrected chi connectivity index (χ2v) is 6.23. The topological polar surface area (TPSA) is 15.3 Å². The lowest BCUT2D eigenvalue weighted by Gasteiger charge is -2.29. The molecule has 1 saturated heterocycles. The number of nitrogens with zero attached hydrogens (tertiary/aromatic N) is 1. The first-order valence-corrected chi connectivity index (χ1v) is 8.19. The predicted molar refractivity (Wildman–Crippen MR) is 87.2 cm³/mol. The van der Waals surface area contributed by atoms with Crippen LogP contribution in [0.1, 0.15) is 55.8 Å². The highest BCUT2D eigenvalue weighted by molar-refractivity contribution is 5.31. The van der Waals surface area contributed by atoms with Gasteiger partial charge in [-0.3, -0.25) is 4.90 Å². The van der Waals surface area contributed by atoms with Crippen molar-refractivity contribution < 1.29 is 0 Å². The third-order valence-electron chi connectivity index (χ3n) is 4.48. The predicted octanol–water partition coefficient (Wildman–Crippen LogP) is 3.83. The molecular formula is C18H30N2. The molecule has 1 heterocycles. The zero-order chi connectivity index (χ0) is 14.5. The number of likely N-dealkylation sites (N-methyl/N-ethyl adjacent to an activating group) is 1. The van der Waals surface area contributed by atoms with E-state index in [4.69, 9.17) is 0 Å². The van der Waals surface area contributed by atoms with Gasteiger partial charge in [-0.05, 0) is 51.8 Å². The summed E-state index contributed by atoms with van der Waals surface area (Å²) in [6.07, 6.45) is 4.03. The van der Waals surface area contributed by atoms with Crippen molar-refractivity contribution >= 4 is 0 Å². The molecule has 20 heavy (non-hydrogen) atoms. The fourth-order valence-corrected chi connectivity index (χ4v) is 3.58. The van der Waals surface area contributed by atoms with Crippen LogP contribution in [0.2, 0.25) is 0 Å². The van der Waals surface area contributed by atoms with Crippen molar-refractivity contribution in [1.82, 2.24) is 10.2 Å². The van der Waals surface area contributed by atoms with Gasteiger partial charge < -0.3 is 5.32 Å². The third-order valence-corrected chi connectivity index (χ3v) is 4.48. The van der Waals surface area contributed by atoms with Gasteiger partial charge in [-0.1, -0.05) is 43.2 Å². The van der Waals surface area contributed by atoms with E-state index in [9.17, 15) is 0 Å². The zero-order valence-electron chi connectivity index (χ0n) is 13.6. The average Bonchev–Trinajstić information content (AvgIpc) is 2.84. The van der Waals surface area contributed by atoms with E-state index < -0.39 is 0 Å². The number of benzene rings is 1. The molecule has 0 radical (unpaired) electrons. The van der Waals surface area contributed by atoms with Gasteiger partial charge in [-0.25, -0.2) is 0 Å². The molecule has 0 saturated carbocycles. The van der Waals surface area contributed by atoms with Crippen LogP contribution < -0.4 is 5.32 Å². The summed E-state index contributed by atoms with van der Waals surface area (Å²) in [7, 11) is 0. The van der Waals surface area contributed by atoms with Gasteiger partial charge in [0.15, 0.2) is 0 Å². The van der Waals surface area contributed by atoms with Gasteiger partial charge in [0, 0.05) is 18.6 Å². The summed E-state index contributed by atoms with van der Waals surface area (Å²) >= 11 is 0. The van der Waals surface area contributed by atoms with Crippen LogP contribution in [0, 0.1) is 13.8 Å². The summed E-state index contributed by atoms with van der Waals surface area (Å²) in [6, 6.07) is 8.21. The van der Waals surface area contributed by atoms with Crippen molar-refractivity contribution in [3.8, 4) is 0 Å². The molecule has 1 N–H and O–H groups in total. The maximum Gasteiger partial charge on any atom is 0.0449 e. The second kappa shape index (κ2) is 7.24. The molecule has 1 aliphatic heterocycles. The Morgan fingerprint density at radius 3 is 2.50 bits per heavy atom. The minimum absolute atomic E-state index is 0.464. The van der Waals surface area contributed by atoms with E-state index in [1.807, 2.05) is 0 Å². The van der Waals surface area contributed by atoms with Gasteiger partial charge in [0.2, 0.25) is 0 Å². The van der Waals surface area contributed by atoms with Crippen LogP contribution in [0.3, 0.4) is 0 Å². The molecule has 2 unspecified atom stereocenters. The Balaban J connectivity index is 2.13. The van der Waals surface area contributed by atoms with Crippen LogP contribution in [-0.4, -0.2) is 30.6 Å². The lowest BCUT2D eigenvalue weighted by molar-refractivity contribution is 0.221. The number of aryl methyl sites for hydroxylation is 2. The molecule has 1 aliphatic rings. The van der Waals surface area contributed by atoms with Crippen molar-refractivity contribution in [1.29, 1.82) is 0 Å². The van der Waals surface area contributed by atoms with Crippen LogP contribution >= 0.6 is 0 Å². The Labute approximate surface area is 124 Å². The summed E-state index contributed by atoms with van der Waals surface area (Å²) in [4.78, 5) is 2.69. The molecule has 0 amide bonds. The number of likely N-dealkylation sites (tertiary alicyclic amines) is 1. The molecule has 0 aliphatic carbocycles. The van der Waals surface area contributed by atoms with Crippen molar-refractivity contribution in [3.63, 3.8) is 0 Å². The maximum atomic E-state index is 3.68. The van der Waals surface area contributed by atoms with E-state index >= 15 is 0 Å². The molecule has 2 atom stereocenters. The number of nitrogens with one attached hydrogen (secondary N) is 1. The first kappa shape index (κ1) is 15.5. The maximum absolute atomic E-state index is 3.68. The lowest BCUT2D eigenvalue weighted by atomic mass is 10.0. The minimum atomic E-state index is 0.464. The molecule has 0 bridgehead atoms. The standard InChI is InChI=1S/C18H30N2/c1-5-17-8-7-9-20(17)13-18(19-6-2)16-11-14(3)10-15(4)12-16/h10-12,17-19H,5-9,13H2,1-4H3. The summed E-state index contributed by atoms with van der Waals surface area (Å²) in [5, 5.41) is 3.68. The van der Waals surface area contributed by atoms with Crippen LogP contribution in [-0.2, 0) is 0 Å². The normalized spacial score (nSPS) is 21.3. The van der Waals surface area contributed by atoms with Crippen LogP contribution in [0.25, 0.3) is 0 Å². The van der Waals surface area contributed by atoms with Crippen molar-refractivity contribution in [2.24, 2.45) is 0 Å². The Bertz CT molecular complexity index is 407. The second-order valence-electron chi connectivity index (χ2n) is 6.23. The van der Waals surface area contributed by atoms with E-state index in [-0.39, 0.29) is 0 Å². The van der Waals surface area contributed by atoms with Gasteiger partial charge in [-0.15, -0.1) is 0 Å². The lowest BCUT2D eigenvalue weighted by Crippen LogP contribution is -2.38. The molecule has 0 aromatic heterocycles. The van der Waals surface area contributed by atoms with Gasteiger partial charge in [0.05, 0.1) is 0 Å². The quantitative estimate of drug-likeness (QED) is 0.848. The van der Waals surface area contributed by atoms with Gasteiger partial charge in [0.1, 0.15) is 0 Å². The molecule has 2 heteroatoms. The van der Waals surface area contributed by atoms with Crippen molar-refractivity contribution in [3.05, 3.63) is 34.9 Å². The van der Waals surface area contributed by atoms with E-state index in [0.717, 1.165) is 19.1 Å². The monoisotopic (exact) mass is 274 g/mol. The largest absolute Gasteiger partial charge is 0.309 e. The number of hydrogen-bond donors (Lipinski definition) is 1. The summed E-state index contributed by atoms with van der Waals surface area (Å²) in [5.41, 5.74) is 4.19. The minimum Gasteiger partial charge on any atom is -0.309 e. The highest BCUT2D eigenvalue weighted by Crippen LogP contribution is 2.24. The first-order chi connectivity index (χ1) is 9.63. The summed E-state index contributed by atoms with van der Waals surface area (Å²) in [5.74, 6) is 0. The molecule has 2 nitrogen and oxygen atoms in total. The van der Waals surface area contributed by atoms with Crippen LogP contribution in [0.4, 0.5) is 0 Å². The highest BCUT2D eigenvalue weighted by atomic mass is 15.2. The number of rotatable bonds is 6. The van der Waals surface area contributed by atoms with Gasteiger partial charge in [0.25, 0.3) is 0 Å². The Morgan fingerprint density at radius 2 is 1.90 bits per heavy atom. The summed E-state index contributed by atoms with van der Waals surface area (Å²) in [6.45, 7) is 12.4. The average molecular weight is 274 g/mol. The Kier molecular flexibility index (Phi) is 5.62. The number of hydrogen-bond acceptors (Lipinski definition) is 2. The van der Waals surface area contributed by atoms with E-state index in [2.05, 4.69) is 56.1 Å². The van der Waals surface area contributed by atoms with Crippen LogP contribution in [0.15, 0.2) is 18.2 Å². The summed E-state index contributed by atoms with van der Waals surface area (Å²) < 4.78 is 0. The fourth-order valence-electron chi connectivity index (χ4n) is 3.58. The van der Waals surface area contributed by atoms with Crippen molar-refractivity contribution in [2.75, 3.05) is 19.6 Å². The Hall–Kier alpha value is -0.860. The molecule has 0 spiro atoms. The molecule has 112 valence electrons. The zero-order valence-corrected chi connectivity index (χ0v) is 13.6. The Morgan fingerprint density at radius 1 is 1.20 bits per heavy atom. The van der Waals surface area contributed by atoms with Gasteiger partial charge in [-0.2, -0.15) is 0 Å². The van der Waals surface area contributed by atoms with Crippen LogP contribution in [0.5, 0.6) is 0 Å². The van der Waals surface area contributed by atoms with Crippen molar-refractivity contribution in [2.45, 2.75) is 59.0 Å². The SMILES string of the molecule is CCNC(CN1CCCC1CC)c1cc(C)cc(C)c1. The highest BCUT2D eigenvalue weighted by Gasteiger charge is 2.25. The molecule has 1 fully saturated rings. The van der Waals surface area contributed by atoms with E-state index in [0.29, 0.717) is 6.04 Å². The molecule has 1 aromatic carbocycles. The van der Waals surface area contributed by atoms with E-state index in [1.54, 1.807) is 0 Å². The first-order valence-electron chi connectivity index (χ1n) is 8.19.